The largest absolute Gasteiger partial charge is 0.433 e. The number of alkyl halides is 6. The van der Waals surface area contributed by atoms with Gasteiger partial charge in [0.25, 0.3) is 11.6 Å². The Kier molecular flexibility index (Phi) is 6.42. The molecule has 1 atom stereocenters. The summed E-state index contributed by atoms with van der Waals surface area (Å²) in [5.74, 6) is -5.57. The molecule has 0 bridgehead atoms. The maximum absolute atomic E-state index is 14.9. The zero-order chi connectivity index (χ0) is 24.6. The van der Waals surface area contributed by atoms with E-state index in [0.717, 1.165) is 0 Å². The predicted molar refractivity (Wildman–Crippen MR) is 112 cm³/mol. The average Bonchev–Trinajstić information content (AvgIpc) is 3.29. The van der Waals surface area contributed by atoms with Crippen LogP contribution in [0.25, 0.3) is 5.69 Å². The van der Waals surface area contributed by atoms with Crippen molar-refractivity contribution in [3.05, 3.63) is 82.9 Å². The molecule has 0 saturated carbocycles. The van der Waals surface area contributed by atoms with Crippen LogP contribution in [0.15, 0.2) is 66.2 Å². The van der Waals surface area contributed by atoms with Crippen LogP contribution < -0.4 is 5.32 Å². The molecule has 5 nitrogen and oxygen atoms in total. The summed E-state index contributed by atoms with van der Waals surface area (Å²) in [6, 6.07) is 7.30. The first-order chi connectivity index (χ1) is 15.3. The first kappa shape index (κ1) is 24.5. The first-order valence-electron chi connectivity index (χ1n) is 9.16. The third-order valence-corrected chi connectivity index (χ3v) is 5.47. The van der Waals surface area contributed by atoms with Gasteiger partial charge in [-0.2, -0.15) is 27.1 Å². The number of nitrogens with zero attached hydrogens (tertiary/aromatic N) is 3. The Labute approximate surface area is 192 Å². The van der Waals surface area contributed by atoms with Crippen LogP contribution in [0, 0.1) is 6.92 Å². The van der Waals surface area contributed by atoms with E-state index < -0.39 is 29.2 Å². The molecule has 0 spiro atoms. The van der Waals surface area contributed by atoms with Crippen molar-refractivity contribution in [3.8, 4) is 5.69 Å². The lowest BCUT2D eigenvalue weighted by molar-refractivity contribution is -0.296. The fraction of sp³-hybridized carbons (Fsp3) is 0.190. The lowest BCUT2D eigenvalue weighted by Gasteiger charge is -2.34. The Hall–Kier alpha value is -3.15. The maximum Gasteiger partial charge on any atom is 0.433 e. The van der Waals surface area contributed by atoms with Crippen molar-refractivity contribution >= 4 is 27.5 Å². The summed E-state index contributed by atoms with van der Waals surface area (Å²) in [5.41, 5.74) is -5.61. The van der Waals surface area contributed by atoms with Gasteiger partial charge >= 0.3 is 12.1 Å². The number of halogens is 7. The fourth-order valence-corrected chi connectivity index (χ4v) is 3.74. The molecule has 1 amide bonds. The summed E-state index contributed by atoms with van der Waals surface area (Å²) in [5, 5.41) is 6.44. The highest BCUT2D eigenvalue weighted by Crippen LogP contribution is 2.54. The van der Waals surface area contributed by atoms with E-state index in [2.05, 4.69) is 37.9 Å². The van der Waals surface area contributed by atoms with Crippen molar-refractivity contribution in [2.45, 2.75) is 24.7 Å². The number of carbonyl (C=O) groups is 1. The Morgan fingerprint density at radius 1 is 1.12 bits per heavy atom. The van der Waals surface area contributed by atoms with E-state index in [4.69, 9.17) is 0 Å². The van der Waals surface area contributed by atoms with E-state index in [0.29, 0.717) is 17.8 Å². The van der Waals surface area contributed by atoms with Crippen LogP contribution in [0.3, 0.4) is 0 Å². The van der Waals surface area contributed by atoms with Gasteiger partial charge in [0, 0.05) is 15.6 Å². The summed E-state index contributed by atoms with van der Waals surface area (Å²) in [6.45, 7) is 3.88. The zero-order valence-corrected chi connectivity index (χ0v) is 18.4. The molecule has 0 aliphatic carbocycles. The molecule has 3 aromatic rings. The highest BCUT2D eigenvalue weighted by atomic mass is 79.9. The molecular weight excluding hydrogens is 518 g/mol. The molecule has 3 rings (SSSR count). The summed E-state index contributed by atoms with van der Waals surface area (Å²) in [7, 11) is 0. The summed E-state index contributed by atoms with van der Waals surface area (Å²) >= 11 is 2.95. The number of benzene rings is 2. The van der Waals surface area contributed by atoms with Crippen LogP contribution in [-0.2, 0) is 5.67 Å². The van der Waals surface area contributed by atoms with Crippen LogP contribution in [0.4, 0.5) is 32.0 Å². The van der Waals surface area contributed by atoms with E-state index in [1.807, 2.05) is 0 Å². The average molecular weight is 533 g/mol. The van der Waals surface area contributed by atoms with Crippen molar-refractivity contribution < 1.29 is 31.1 Å². The van der Waals surface area contributed by atoms with E-state index in [1.54, 1.807) is 12.1 Å². The van der Waals surface area contributed by atoms with Gasteiger partial charge in [0.1, 0.15) is 12.7 Å². The number of aromatic nitrogens is 3. The molecule has 0 aliphatic rings. The second kappa shape index (κ2) is 8.65. The molecular formula is C21H15BrF6N4O. The molecule has 1 unspecified atom stereocenters. The molecule has 33 heavy (non-hydrogen) atoms. The maximum atomic E-state index is 14.9. The Morgan fingerprint density at radius 2 is 1.76 bits per heavy atom. The van der Waals surface area contributed by atoms with Gasteiger partial charge in [0.05, 0.1) is 11.4 Å². The standard InChI is InChI=1S/C21H15BrF6N4O/c1-3-19(23,24)20(25,21(26,27)28)14-8-12(2)17(16(22)9-14)31-18(33)13-4-6-15(7-5-13)32-11-29-10-30-32/h3-11H,1H2,2H3,(H,31,33). The third-order valence-electron chi connectivity index (χ3n) is 4.84. The molecule has 12 heteroatoms. The summed E-state index contributed by atoms with van der Waals surface area (Å²) < 4.78 is 84.4. The Morgan fingerprint density at radius 3 is 2.24 bits per heavy atom. The predicted octanol–water partition coefficient (Wildman–Crippen LogP) is 6.14. The number of anilines is 1. The first-order valence-corrected chi connectivity index (χ1v) is 9.95. The van der Waals surface area contributed by atoms with Gasteiger partial charge in [0.2, 0.25) is 0 Å². The Bertz CT molecular complexity index is 1160. The molecule has 1 heterocycles. The second-order valence-electron chi connectivity index (χ2n) is 6.97. The lowest BCUT2D eigenvalue weighted by Crippen LogP contribution is -2.51. The van der Waals surface area contributed by atoms with E-state index in [-0.39, 0.29) is 27.4 Å². The molecule has 1 aromatic heterocycles. The highest BCUT2D eigenvalue weighted by Gasteiger charge is 2.71. The van der Waals surface area contributed by atoms with Crippen molar-refractivity contribution in [2.24, 2.45) is 0 Å². The molecule has 1 N–H and O–H groups in total. The molecule has 0 aliphatic heterocycles. The molecule has 0 saturated heterocycles. The van der Waals surface area contributed by atoms with E-state index >= 15 is 0 Å². The minimum Gasteiger partial charge on any atom is -0.321 e. The lowest BCUT2D eigenvalue weighted by atomic mass is 9.87. The molecule has 0 fully saturated rings. The van der Waals surface area contributed by atoms with E-state index in [1.165, 1.54) is 36.4 Å². The summed E-state index contributed by atoms with van der Waals surface area (Å²) in [4.78, 5) is 16.4. The van der Waals surface area contributed by atoms with Gasteiger partial charge in [-0.15, -0.1) is 0 Å². The number of allylic oxidation sites excluding steroid dienone is 1. The zero-order valence-electron chi connectivity index (χ0n) is 16.8. The van der Waals surface area contributed by atoms with Crippen LogP contribution in [-0.4, -0.2) is 32.8 Å². The Balaban J connectivity index is 1.93. The van der Waals surface area contributed by atoms with Gasteiger partial charge in [-0.05, 0) is 64.8 Å². The topological polar surface area (TPSA) is 59.8 Å². The van der Waals surface area contributed by atoms with Crippen LogP contribution in [0.2, 0.25) is 0 Å². The number of aryl methyl sites for hydroxylation is 1. The van der Waals surface area contributed by atoms with Gasteiger partial charge in [0.15, 0.2) is 0 Å². The number of hydrogen-bond acceptors (Lipinski definition) is 3. The van der Waals surface area contributed by atoms with E-state index in [9.17, 15) is 31.1 Å². The number of carbonyl (C=O) groups excluding carboxylic acids is 1. The van der Waals surface area contributed by atoms with Crippen molar-refractivity contribution in [2.75, 3.05) is 5.32 Å². The summed E-state index contributed by atoms with van der Waals surface area (Å²) in [6.07, 6.45) is -3.53. The van der Waals surface area contributed by atoms with Crippen LogP contribution in [0.1, 0.15) is 21.5 Å². The third kappa shape index (κ3) is 4.39. The van der Waals surface area contributed by atoms with Crippen molar-refractivity contribution in [1.29, 1.82) is 0 Å². The van der Waals surface area contributed by atoms with Gasteiger partial charge in [-0.3, -0.25) is 4.79 Å². The minimum atomic E-state index is -5.94. The normalized spacial score (nSPS) is 13.9. The fourth-order valence-electron chi connectivity index (χ4n) is 3.08. The minimum absolute atomic E-state index is 0.00412. The highest BCUT2D eigenvalue weighted by molar-refractivity contribution is 9.10. The molecule has 0 radical (unpaired) electrons. The number of rotatable bonds is 6. The van der Waals surface area contributed by atoms with Gasteiger partial charge in [-0.1, -0.05) is 12.6 Å². The molecule has 174 valence electrons. The monoisotopic (exact) mass is 532 g/mol. The van der Waals surface area contributed by atoms with Gasteiger partial charge < -0.3 is 5.32 Å². The van der Waals surface area contributed by atoms with Gasteiger partial charge in [-0.25, -0.2) is 14.1 Å². The molecule has 2 aromatic carbocycles. The number of hydrogen-bond donors (Lipinski definition) is 1. The quantitative estimate of drug-likeness (QED) is 0.306. The number of amides is 1. The van der Waals surface area contributed by atoms with Crippen molar-refractivity contribution in [3.63, 3.8) is 0 Å². The second-order valence-corrected chi connectivity index (χ2v) is 7.83. The van der Waals surface area contributed by atoms with Crippen LogP contribution in [0.5, 0.6) is 0 Å². The van der Waals surface area contributed by atoms with Crippen molar-refractivity contribution in [1.82, 2.24) is 14.8 Å². The van der Waals surface area contributed by atoms with Crippen LogP contribution >= 0.6 is 15.9 Å². The smallest absolute Gasteiger partial charge is 0.321 e. The number of nitrogens with one attached hydrogen (secondary N) is 1. The SMILES string of the molecule is C=CC(F)(F)C(F)(c1cc(C)c(NC(=O)c2ccc(-n3cncn3)cc2)c(Br)c1)C(F)(F)F.